The Labute approximate surface area is 341 Å². The number of nitrogens with zero attached hydrogens (tertiary/aromatic N) is 6. The molecule has 2 saturated carbocycles. The lowest BCUT2D eigenvalue weighted by Crippen LogP contribution is -2.58. The van der Waals surface area contributed by atoms with Gasteiger partial charge in [-0.15, -0.1) is 0 Å². The molecule has 16 heteroatoms. The number of hydrogen-bond donors (Lipinski definition) is 2. The number of nitrogens with one attached hydrogen (secondary N) is 2. The van der Waals surface area contributed by atoms with Crippen LogP contribution in [0.2, 0.25) is 5.02 Å². The largest absolute Gasteiger partial charge is 0.490 e. The molecule has 2 aliphatic carbocycles. The molecule has 1 aromatic heterocycles. The van der Waals surface area contributed by atoms with Crippen molar-refractivity contribution in [3.05, 3.63) is 76.1 Å². The van der Waals surface area contributed by atoms with Crippen LogP contribution >= 0.6 is 11.6 Å². The highest BCUT2D eigenvalue weighted by molar-refractivity contribution is 6.31. The summed E-state index contributed by atoms with van der Waals surface area (Å²) in [5, 5.41) is 14.8. The molecule has 2 aromatic carbocycles. The number of imide groups is 2. The van der Waals surface area contributed by atoms with E-state index in [0.717, 1.165) is 63.1 Å². The predicted molar refractivity (Wildman–Crippen MR) is 210 cm³/mol. The molecule has 0 bridgehead atoms. The Morgan fingerprint density at radius 3 is 2.29 bits per heavy atom. The Balaban J connectivity index is 0.762. The molecule has 4 fully saturated rings. The Morgan fingerprint density at radius 1 is 0.948 bits per heavy atom. The summed E-state index contributed by atoms with van der Waals surface area (Å²) in [5.74, 6) is -0.142. The van der Waals surface area contributed by atoms with Gasteiger partial charge in [0.1, 0.15) is 29.7 Å². The highest BCUT2D eigenvalue weighted by Crippen LogP contribution is 2.36. The van der Waals surface area contributed by atoms with Crippen LogP contribution in [0.4, 0.5) is 5.95 Å². The number of amides is 5. The highest BCUT2D eigenvalue weighted by Gasteiger charge is 2.45. The number of carbonyl (C=O) groups is 5. The molecule has 15 nitrogen and oxygen atoms in total. The standard InChI is InChI=1S/C42H45ClN8O7/c1-23(2)50(28-13-32(14-28)58-30-9-10-33-34(15-30)41(56)51(40(33)55)36-11-12-37(52)48-39(36)54)22-24-20-49(21-24)42-45-18-26(19-46-42)38(53)47-27-4-7-29(8-5-27)57-31-6-3-25(17-44)35(43)16-31/h3,6,9-10,15-16,18-19,23-24,27-29,32,36H,4-5,7-8,11-14,20-22H2,1-2H3,(H,47,53)(H,48,52,54). The van der Waals surface area contributed by atoms with Crippen molar-refractivity contribution in [1.82, 2.24) is 30.4 Å². The number of halogens is 1. The summed E-state index contributed by atoms with van der Waals surface area (Å²) in [6.45, 7) is 6.95. The number of carbonyl (C=O) groups excluding carboxylic acids is 5. The van der Waals surface area contributed by atoms with Crippen molar-refractivity contribution >= 4 is 47.1 Å². The molecule has 3 aromatic rings. The third-order valence-electron chi connectivity index (χ3n) is 11.9. The van der Waals surface area contributed by atoms with Crippen molar-refractivity contribution < 1.29 is 33.4 Å². The van der Waals surface area contributed by atoms with Crippen LogP contribution in [-0.2, 0) is 9.59 Å². The fourth-order valence-electron chi connectivity index (χ4n) is 8.60. The van der Waals surface area contributed by atoms with E-state index in [9.17, 15) is 24.0 Å². The van der Waals surface area contributed by atoms with E-state index < -0.39 is 29.7 Å². The fraction of sp³-hybridized carbons (Fsp3) is 0.476. The van der Waals surface area contributed by atoms with Gasteiger partial charge in [-0.25, -0.2) is 9.97 Å². The average molecular weight is 809 g/mol. The zero-order valence-corrected chi connectivity index (χ0v) is 33.1. The number of nitriles is 1. The topological polar surface area (TPSA) is 187 Å². The van der Waals surface area contributed by atoms with E-state index in [2.05, 4.69) is 44.2 Å². The van der Waals surface area contributed by atoms with Gasteiger partial charge in [-0.1, -0.05) is 11.6 Å². The van der Waals surface area contributed by atoms with Crippen molar-refractivity contribution in [2.24, 2.45) is 5.92 Å². The predicted octanol–water partition coefficient (Wildman–Crippen LogP) is 4.28. The molecule has 8 rings (SSSR count). The summed E-state index contributed by atoms with van der Waals surface area (Å²) < 4.78 is 12.3. The summed E-state index contributed by atoms with van der Waals surface area (Å²) in [6.07, 6.45) is 8.14. The molecule has 2 saturated heterocycles. The number of benzene rings is 2. The van der Waals surface area contributed by atoms with Gasteiger partial charge in [0, 0.05) is 81.4 Å². The number of aromatic nitrogens is 2. The summed E-state index contributed by atoms with van der Waals surface area (Å²) in [5.41, 5.74) is 1.27. The smallest absolute Gasteiger partial charge is 0.262 e. The molecule has 302 valence electrons. The van der Waals surface area contributed by atoms with Crippen LogP contribution in [0.15, 0.2) is 48.8 Å². The van der Waals surface area contributed by atoms with Gasteiger partial charge in [0.15, 0.2) is 0 Å². The summed E-state index contributed by atoms with van der Waals surface area (Å²) in [6, 6.07) is 11.7. The summed E-state index contributed by atoms with van der Waals surface area (Å²) in [4.78, 5) is 77.9. The lowest BCUT2D eigenvalue weighted by atomic mass is 9.85. The first-order valence-electron chi connectivity index (χ1n) is 20.0. The zero-order chi connectivity index (χ0) is 40.7. The number of piperidine rings is 1. The monoisotopic (exact) mass is 808 g/mol. The van der Waals surface area contributed by atoms with E-state index in [-0.39, 0.29) is 48.1 Å². The van der Waals surface area contributed by atoms with Crippen molar-refractivity contribution in [1.29, 1.82) is 5.26 Å². The van der Waals surface area contributed by atoms with Crippen LogP contribution in [0.25, 0.3) is 0 Å². The molecule has 0 spiro atoms. The van der Waals surface area contributed by atoms with Crippen LogP contribution in [0.5, 0.6) is 11.5 Å². The average Bonchev–Trinajstić information content (AvgIpc) is 3.41. The molecular weight excluding hydrogens is 764 g/mol. The lowest BCUT2D eigenvalue weighted by molar-refractivity contribution is -0.136. The maximum Gasteiger partial charge on any atom is 0.262 e. The third-order valence-corrected chi connectivity index (χ3v) is 12.2. The van der Waals surface area contributed by atoms with Gasteiger partial charge >= 0.3 is 0 Å². The normalized spacial score (nSPS) is 24.5. The van der Waals surface area contributed by atoms with E-state index in [1.54, 1.807) is 48.8 Å². The summed E-state index contributed by atoms with van der Waals surface area (Å²) >= 11 is 6.14. The van der Waals surface area contributed by atoms with Crippen molar-refractivity contribution in [3.8, 4) is 17.6 Å². The van der Waals surface area contributed by atoms with Gasteiger partial charge in [0.25, 0.3) is 17.7 Å². The SMILES string of the molecule is CC(C)N(CC1CN(c2ncc(C(=O)NC3CCC(Oc4ccc(C#N)c(Cl)c4)CC3)cn2)C1)C1CC(Oc2ccc3c(c2)C(=O)N(C2CCC(=O)NC2=O)C3=O)C1. The van der Waals surface area contributed by atoms with Crippen LogP contribution in [0.3, 0.4) is 0 Å². The Kier molecular flexibility index (Phi) is 11.1. The Bertz CT molecular complexity index is 2160. The van der Waals surface area contributed by atoms with Gasteiger partial charge in [-0.05, 0) is 76.3 Å². The van der Waals surface area contributed by atoms with Gasteiger partial charge < -0.3 is 19.7 Å². The quantitative estimate of drug-likeness (QED) is 0.248. The molecule has 1 unspecified atom stereocenters. The van der Waals surface area contributed by atoms with E-state index in [4.69, 9.17) is 26.3 Å². The molecule has 58 heavy (non-hydrogen) atoms. The van der Waals surface area contributed by atoms with E-state index >= 15 is 0 Å². The van der Waals surface area contributed by atoms with E-state index in [0.29, 0.717) is 51.6 Å². The number of ether oxygens (including phenoxy) is 2. The first-order valence-corrected chi connectivity index (χ1v) is 20.3. The van der Waals surface area contributed by atoms with Gasteiger partial charge in [0.2, 0.25) is 17.8 Å². The molecule has 4 heterocycles. The van der Waals surface area contributed by atoms with E-state index in [1.807, 2.05) is 6.07 Å². The molecule has 5 amide bonds. The van der Waals surface area contributed by atoms with Crippen LogP contribution < -0.4 is 25.0 Å². The zero-order valence-electron chi connectivity index (χ0n) is 32.4. The molecule has 5 aliphatic rings. The molecular formula is C42H45ClN8O7. The Hall–Kier alpha value is -5.59. The van der Waals surface area contributed by atoms with Crippen molar-refractivity contribution in [2.75, 3.05) is 24.5 Å². The van der Waals surface area contributed by atoms with Crippen molar-refractivity contribution in [2.45, 2.75) is 102 Å². The number of hydrogen-bond acceptors (Lipinski definition) is 12. The maximum absolute atomic E-state index is 13.2. The van der Waals surface area contributed by atoms with Gasteiger partial charge in [0.05, 0.1) is 33.4 Å². The van der Waals surface area contributed by atoms with Gasteiger partial charge in [-0.3, -0.25) is 39.1 Å². The van der Waals surface area contributed by atoms with E-state index in [1.165, 1.54) is 0 Å². The fourth-order valence-corrected chi connectivity index (χ4v) is 8.81. The number of fused-ring (bicyclic) bond motifs is 1. The van der Waals surface area contributed by atoms with Crippen LogP contribution in [0, 0.1) is 17.2 Å². The second kappa shape index (κ2) is 16.3. The minimum absolute atomic E-state index is 0.0154. The number of anilines is 1. The molecule has 2 N–H and O–H groups in total. The van der Waals surface area contributed by atoms with Crippen molar-refractivity contribution in [3.63, 3.8) is 0 Å². The minimum atomic E-state index is -1.01. The minimum Gasteiger partial charge on any atom is -0.490 e. The summed E-state index contributed by atoms with van der Waals surface area (Å²) in [7, 11) is 0. The molecule has 1 atom stereocenters. The number of rotatable bonds is 12. The van der Waals surface area contributed by atoms with Crippen LogP contribution in [-0.4, -0.2) is 105 Å². The van der Waals surface area contributed by atoms with Crippen LogP contribution in [0.1, 0.15) is 102 Å². The highest BCUT2D eigenvalue weighted by atomic mass is 35.5. The first kappa shape index (κ1) is 39.2. The lowest BCUT2D eigenvalue weighted by Gasteiger charge is -2.48. The van der Waals surface area contributed by atoms with Gasteiger partial charge in [-0.2, -0.15) is 5.26 Å². The second-order valence-corrected chi connectivity index (χ2v) is 16.6. The first-order chi connectivity index (χ1) is 27.9. The second-order valence-electron chi connectivity index (χ2n) is 16.2. The molecule has 0 radical (unpaired) electrons. The third kappa shape index (κ3) is 8.08. The maximum atomic E-state index is 13.2. The Morgan fingerprint density at radius 2 is 1.62 bits per heavy atom. The molecule has 3 aliphatic heterocycles.